The van der Waals surface area contributed by atoms with Crippen LogP contribution in [0.5, 0.6) is 5.75 Å². The number of pyridine rings is 1. The fourth-order valence-electron chi connectivity index (χ4n) is 3.57. The van der Waals surface area contributed by atoms with Crippen LogP contribution in [0.2, 0.25) is 0 Å². The molecule has 33 heavy (non-hydrogen) atoms. The molecule has 0 bridgehead atoms. The summed E-state index contributed by atoms with van der Waals surface area (Å²) in [5.41, 5.74) is 0.698. The Labute approximate surface area is 187 Å². The third-order valence-electron chi connectivity index (χ3n) is 5.21. The molecule has 6 nitrogen and oxygen atoms in total. The van der Waals surface area contributed by atoms with Crippen LogP contribution < -0.4 is 10.1 Å². The first kappa shape index (κ1) is 22.3. The number of ether oxygens (including phenoxy) is 1. The van der Waals surface area contributed by atoms with Gasteiger partial charge in [-0.05, 0) is 37.3 Å². The minimum atomic E-state index is -0.966. The number of carbonyl (C=O) groups is 1. The number of halogens is 3. The van der Waals surface area contributed by atoms with E-state index in [1.807, 2.05) is 0 Å². The van der Waals surface area contributed by atoms with Crippen LogP contribution in [0.15, 0.2) is 60.8 Å². The van der Waals surface area contributed by atoms with Gasteiger partial charge < -0.3 is 15.2 Å². The second-order valence-corrected chi connectivity index (χ2v) is 7.33. The zero-order valence-electron chi connectivity index (χ0n) is 17.6. The maximum atomic E-state index is 14.1. The Morgan fingerprint density at radius 2 is 1.76 bits per heavy atom. The SMILES string of the molecule is Cc1nc2c(OCc3c(F)cccc3F)cccn2c1C(=O)N[C@@H](CO)c1ccccc1F. The first-order valence-electron chi connectivity index (χ1n) is 10.1. The number of aromatic nitrogens is 2. The lowest BCUT2D eigenvalue weighted by Gasteiger charge is -2.17. The van der Waals surface area contributed by atoms with E-state index in [2.05, 4.69) is 10.3 Å². The molecule has 2 N–H and O–H groups in total. The summed E-state index contributed by atoms with van der Waals surface area (Å²) in [4.78, 5) is 17.4. The van der Waals surface area contributed by atoms with Gasteiger partial charge in [-0.1, -0.05) is 24.3 Å². The van der Waals surface area contributed by atoms with E-state index in [1.165, 1.54) is 28.7 Å². The Bertz CT molecular complexity index is 1300. The molecule has 0 saturated heterocycles. The molecule has 170 valence electrons. The molecule has 0 aliphatic heterocycles. The van der Waals surface area contributed by atoms with E-state index in [0.717, 1.165) is 12.1 Å². The topological polar surface area (TPSA) is 75.9 Å². The lowest BCUT2D eigenvalue weighted by molar-refractivity contribution is 0.0908. The Hall–Kier alpha value is -3.85. The fraction of sp³-hybridized carbons (Fsp3) is 0.167. The highest BCUT2D eigenvalue weighted by molar-refractivity contribution is 5.95. The molecule has 0 spiro atoms. The molecule has 2 heterocycles. The van der Waals surface area contributed by atoms with E-state index in [4.69, 9.17) is 4.74 Å². The van der Waals surface area contributed by atoms with Crippen LogP contribution in [0.4, 0.5) is 13.2 Å². The molecule has 9 heteroatoms. The second-order valence-electron chi connectivity index (χ2n) is 7.33. The van der Waals surface area contributed by atoms with Gasteiger partial charge in [0.25, 0.3) is 5.91 Å². The molecule has 0 unspecified atom stereocenters. The standard InChI is InChI=1S/C24H20F3N3O3/c1-14-22(24(32)29-20(12-31)15-6-2-3-7-17(15)25)30-11-5-10-21(23(30)28-14)33-13-16-18(26)8-4-9-19(16)27/h2-11,20,31H,12-13H2,1H3,(H,29,32)/t20-/m0/s1. The molecule has 0 fully saturated rings. The first-order chi connectivity index (χ1) is 15.9. The zero-order valence-corrected chi connectivity index (χ0v) is 17.6. The molecule has 1 amide bonds. The minimum Gasteiger partial charge on any atom is -0.485 e. The molecule has 0 saturated carbocycles. The maximum Gasteiger partial charge on any atom is 0.270 e. The van der Waals surface area contributed by atoms with Crippen molar-refractivity contribution in [3.05, 3.63) is 101 Å². The van der Waals surface area contributed by atoms with E-state index in [0.29, 0.717) is 5.69 Å². The molecular weight excluding hydrogens is 435 g/mol. The van der Waals surface area contributed by atoms with E-state index < -0.39 is 36.0 Å². The molecule has 4 aromatic rings. The summed E-state index contributed by atoms with van der Waals surface area (Å²) in [6.45, 7) is 0.732. The predicted octanol–water partition coefficient (Wildman–Crippen LogP) is 4.10. The Morgan fingerprint density at radius 3 is 2.45 bits per heavy atom. The number of carbonyl (C=O) groups excluding carboxylic acids is 1. The van der Waals surface area contributed by atoms with Crippen LogP contribution in [0.1, 0.15) is 33.4 Å². The van der Waals surface area contributed by atoms with Gasteiger partial charge in [-0.25, -0.2) is 18.2 Å². The van der Waals surface area contributed by atoms with Crippen molar-refractivity contribution in [3.63, 3.8) is 0 Å². The fourth-order valence-corrected chi connectivity index (χ4v) is 3.57. The number of benzene rings is 2. The first-order valence-corrected chi connectivity index (χ1v) is 10.1. The zero-order chi connectivity index (χ0) is 23.5. The number of fused-ring (bicyclic) bond motifs is 1. The summed E-state index contributed by atoms with van der Waals surface area (Å²) in [7, 11) is 0. The third-order valence-corrected chi connectivity index (χ3v) is 5.21. The van der Waals surface area contributed by atoms with Crippen molar-refractivity contribution >= 4 is 11.6 Å². The highest BCUT2D eigenvalue weighted by Crippen LogP contribution is 2.25. The third kappa shape index (κ3) is 4.40. The number of aliphatic hydroxyl groups is 1. The van der Waals surface area contributed by atoms with Crippen molar-refractivity contribution in [1.29, 1.82) is 0 Å². The van der Waals surface area contributed by atoms with Gasteiger partial charge in [0.2, 0.25) is 0 Å². The molecular formula is C24H20F3N3O3. The number of hydrogen-bond donors (Lipinski definition) is 2. The average Bonchev–Trinajstić information content (AvgIpc) is 3.14. The van der Waals surface area contributed by atoms with Gasteiger partial charge in [0.1, 0.15) is 29.8 Å². The molecule has 0 radical (unpaired) electrons. The van der Waals surface area contributed by atoms with Gasteiger partial charge in [0, 0.05) is 11.8 Å². The lowest BCUT2D eigenvalue weighted by atomic mass is 10.1. The molecule has 1 atom stereocenters. The van der Waals surface area contributed by atoms with Crippen molar-refractivity contribution in [2.75, 3.05) is 6.61 Å². The van der Waals surface area contributed by atoms with E-state index >= 15 is 0 Å². The Kier molecular flexibility index (Phi) is 6.32. The smallest absolute Gasteiger partial charge is 0.270 e. The van der Waals surface area contributed by atoms with Crippen LogP contribution >= 0.6 is 0 Å². The van der Waals surface area contributed by atoms with Crippen molar-refractivity contribution in [3.8, 4) is 5.75 Å². The number of rotatable bonds is 7. The van der Waals surface area contributed by atoms with Crippen LogP contribution in [0.25, 0.3) is 5.65 Å². The number of hydrogen-bond acceptors (Lipinski definition) is 4. The van der Waals surface area contributed by atoms with Gasteiger partial charge in [-0.3, -0.25) is 9.20 Å². The van der Waals surface area contributed by atoms with E-state index in [1.54, 1.807) is 31.3 Å². The second kappa shape index (κ2) is 9.33. The largest absolute Gasteiger partial charge is 0.485 e. The number of aliphatic hydroxyl groups excluding tert-OH is 1. The van der Waals surface area contributed by atoms with E-state index in [9.17, 15) is 23.1 Å². The summed E-state index contributed by atoms with van der Waals surface area (Å²) >= 11 is 0. The lowest BCUT2D eigenvalue weighted by Crippen LogP contribution is -2.32. The van der Waals surface area contributed by atoms with E-state index in [-0.39, 0.29) is 34.8 Å². The molecule has 0 aliphatic rings. The highest BCUT2D eigenvalue weighted by Gasteiger charge is 2.23. The van der Waals surface area contributed by atoms with Crippen molar-refractivity contribution in [2.24, 2.45) is 0 Å². The van der Waals surface area contributed by atoms with Crippen LogP contribution in [0.3, 0.4) is 0 Å². The normalized spacial score (nSPS) is 12.0. The summed E-state index contributed by atoms with van der Waals surface area (Å²) in [6.07, 6.45) is 1.58. The summed E-state index contributed by atoms with van der Waals surface area (Å²) in [6, 6.07) is 11.6. The molecule has 2 aromatic heterocycles. The summed E-state index contributed by atoms with van der Waals surface area (Å²) in [5.74, 6) is -2.38. The summed E-state index contributed by atoms with van der Waals surface area (Å²) < 4.78 is 49.1. The number of aryl methyl sites for hydroxylation is 1. The molecule has 2 aromatic carbocycles. The van der Waals surface area contributed by atoms with Gasteiger partial charge in [-0.2, -0.15) is 0 Å². The van der Waals surface area contributed by atoms with Gasteiger partial charge >= 0.3 is 0 Å². The quantitative estimate of drug-likeness (QED) is 0.440. The summed E-state index contributed by atoms with van der Waals surface area (Å²) in [5, 5.41) is 12.3. The van der Waals surface area contributed by atoms with Crippen LogP contribution in [0, 0.1) is 24.4 Å². The molecule has 4 rings (SSSR count). The predicted molar refractivity (Wildman–Crippen MR) is 114 cm³/mol. The van der Waals surface area contributed by atoms with Crippen LogP contribution in [-0.4, -0.2) is 27.0 Å². The number of nitrogens with one attached hydrogen (secondary N) is 1. The van der Waals surface area contributed by atoms with Crippen LogP contribution in [-0.2, 0) is 6.61 Å². The van der Waals surface area contributed by atoms with Crippen molar-refractivity contribution < 1.29 is 27.8 Å². The maximum absolute atomic E-state index is 14.1. The number of nitrogens with zero attached hydrogens (tertiary/aromatic N) is 2. The van der Waals surface area contributed by atoms with Crippen molar-refractivity contribution in [2.45, 2.75) is 19.6 Å². The van der Waals surface area contributed by atoms with Gasteiger partial charge in [0.05, 0.1) is 23.9 Å². The molecule has 0 aliphatic carbocycles. The number of imidazole rings is 1. The Morgan fingerprint density at radius 1 is 1.06 bits per heavy atom. The average molecular weight is 455 g/mol. The van der Waals surface area contributed by atoms with Gasteiger partial charge in [-0.15, -0.1) is 0 Å². The monoisotopic (exact) mass is 455 g/mol. The Balaban J connectivity index is 1.62. The number of amides is 1. The highest BCUT2D eigenvalue weighted by atomic mass is 19.1. The minimum absolute atomic E-state index is 0.149. The van der Waals surface area contributed by atoms with Gasteiger partial charge in [0.15, 0.2) is 11.4 Å². The van der Waals surface area contributed by atoms with Crippen molar-refractivity contribution in [1.82, 2.24) is 14.7 Å².